The summed E-state index contributed by atoms with van der Waals surface area (Å²) in [5, 5.41) is 6.18. The maximum atomic E-state index is 12.6. The quantitative estimate of drug-likeness (QED) is 0.493. The summed E-state index contributed by atoms with van der Waals surface area (Å²) in [6.45, 7) is 1.85. The minimum atomic E-state index is -2.92. The molecule has 1 aromatic carbocycles. The number of rotatable bonds is 9. The molecule has 0 spiro atoms. The van der Waals surface area contributed by atoms with E-state index in [0.717, 1.165) is 25.9 Å². The van der Waals surface area contributed by atoms with Crippen LogP contribution < -0.4 is 20.1 Å². The van der Waals surface area contributed by atoms with Crippen molar-refractivity contribution in [2.75, 3.05) is 33.3 Å². The monoisotopic (exact) mass is 398 g/mol. The highest BCUT2D eigenvalue weighted by atomic mass is 19.3. The van der Waals surface area contributed by atoms with E-state index < -0.39 is 6.61 Å². The van der Waals surface area contributed by atoms with E-state index in [1.165, 1.54) is 13.2 Å². The van der Waals surface area contributed by atoms with Gasteiger partial charge < -0.3 is 25.0 Å². The summed E-state index contributed by atoms with van der Waals surface area (Å²) < 4.78 is 34.9. The van der Waals surface area contributed by atoms with Crippen molar-refractivity contribution >= 4 is 11.9 Å². The average molecular weight is 398 g/mol. The Balaban J connectivity index is 1.97. The molecule has 1 heterocycles. The molecule has 1 saturated heterocycles. The molecule has 1 aromatic rings. The highest BCUT2D eigenvalue weighted by Gasteiger charge is 2.17. The fourth-order valence-electron chi connectivity index (χ4n) is 2.94. The number of guanidine groups is 1. The lowest BCUT2D eigenvalue weighted by molar-refractivity contribution is -0.129. The number of carbonyl (C=O) groups is 1. The van der Waals surface area contributed by atoms with E-state index in [2.05, 4.69) is 20.4 Å². The third kappa shape index (κ3) is 6.86. The summed E-state index contributed by atoms with van der Waals surface area (Å²) in [4.78, 5) is 18.4. The molecule has 28 heavy (non-hydrogen) atoms. The molecule has 1 fully saturated rings. The molecule has 1 aliphatic heterocycles. The Kier molecular flexibility index (Phi) is 8.77. The summed E-state index contributed by atoms with van der Waals surface area (Å²) in [6, 6.07) is 4.60. The molecule has 9 heteroatoms. The third-order valence-electron chi connectivity index (χ3n) is 4.33. The van der Waals surface area contributed by atoms with Gasteiger partial charge in [-0.25, -0.2) is 4.99 Å². The standard InChI is InChI=1S/C19H28F2N4O3/c1-3-22-19(23-9-8-17(26)25-10-4-5-11-25)24-13-14-12-15(27-2)6-7-16(14)28-18(20)21/h6-7,12,18H,3-5,8-11,13H2,1-2H3,(H2,22,23,24). The molecular formula is C19H28F2N4O3. The van der Waals surface area contributed by atoms with Crippen molar-refractivity contribution in [1.29, 1.82) is 0 Å². The van der Waals surface area contributed by atoms with E-state index in [9.17, 15) is 13.6 Å². The summed E-state index contributed by atoms with van der Waals surface area (Å²) in [5.74, 6) is 1.21. The number of hydrogen-bond acceptors (Lipinski definition) is 4. The first-order chi connectivity index (χ1) is 13.5. The molecule has 0 bridgehead atoms. The van der Waals surface area contributed by atoms with Crippen LogP contribution in [0.25, 0.3) is 0 Å². The molecular weight excluding hydrogens is 370 g/mol. The van der Waals surface area contributed by atoms with E-state index >= 15 is 0 Å². The van der Waals surface area contributed by atoms with Crippen LogP contribution in [0.2, 0.25) is 0 Å². The zero-order valence-electron chi connectivity index (χ0n) is 16.3. The van der Waals surface area contributed by atoms with Crippen molar-refractivity contribution in [2.24, 2.45) is 4.99 Å². The van der Waals surface area contributed by atoms with E-state index in [1.807, 2.05) is 11.8 Å². The van der Waals surface area contributed by atoms with Crippen LogP contribution in [0.1, 0.15) is 31.7 Å². The van der Waals surface area contributed by atoms with Gasteiger partial charge >= 0.3 is 6.61 Å². The Hall–Kier alpha value is -2.58. The maximum Gasteiger partial charge on any atom is 0.387 e. The normalized spacial score (nSPS) is 14.3. The number of hydrogen-bond donors (Lipinski definition) is 2. The summed E-state index contributed by atoms with van der Waals surface area (Å²) >= 11 is 0. The first-order valence-electron chi connectivity index (χ1n) is 9.45. The Labute approximate surface area is 164 Å². The number of benzene rings is 1. The topological polar surface area (TPSA) is 75.2 Å². The van der Waals surface area contributed by atoms with Crippen LogP contribution in [0.3, 0.4) is 0 Å². The van der Waals surface area contributed by atoms with Crippen LogP contribution in [-0.2, 0) is 11.3 Å². The van der Waals surface area contributed by atoms with Gasteiger partial charge in [0, 0.05) is 38.2 Å². The van der Waals surface area contributed by atoms with E-state index in [-0.39, 0.29) is 18.2 Å². The SMILES string of the molecule is CCNC(=NCc1cc(OC)ccc1OC(F)F)NCCC(=O)N1CCCC1. The van der Waals surface area contributed by atoms with E-state index in [0.29, 0.717) is 36.8 Å². The van der Waals surface area contributed by atoms with Gasteiger partial charge in [0.05, 0.1) is 13.7 Å². The molecule has 0 saturated carbocycles. The fourth-order valence-corrected chi connectivity index (χ4v) is 2.94. The minimum Gasteiger partial charge on any atom is -0.497 e. The first-order valence-corrected chi connectivity index (χ1v) is 9.45. The first kappa shape index (κ1) is 21.7. The number of aliphatic imine (C=N–C) groups is 1. The second-order valence-electron chi connectivity index (χ2n) is 6.31. The van der Waals surface area contributed by atoms with Gasteiger partial charge in [0.1, 0.15) is 11.5 Å². The highest BCUT2D eigenvalue weighted by molar-refractivity contribution is 5.81. The summed E-state index contributed by atoms with van der Waals surface area (Å²) in [5.41, 5.74) is 0.477. The molecule has 0 aliphatic carbocycles. The second kappa shape index (κ2) is 11.3. The van der Waals surface area contributed by atoms with Gasteiger partial charge in [0.2, 0.25) is 5.91 Å². The highest BCUT2D eigenvalue weighted by Crippen LogP contribution is 2.26. The minimum absolute atomic E-state index is 0.0552. The molecule has 0 aromatic heterocycles. The van der Waals surface area contributed by atoms with Gasteiger partial charge in [-0.15, -0.1) is 0 Å². The van der Waals surface area contributed by atoms with Gasteiger partial charge in [-0.2, -0.15) is 8.78 Å². The second-order valence-corrected chi connectivity index (χ2v) is 6.31. The Morgan fingerprint density at radius 2 is 2.04 bits per heavy atom. The van der Waals surface area contributed by atoms with Crippen LogP contribution in [-0.4, -0.2) is 56.7 Å². The number of alkyl halides is 2. The van der Waals surface area contributed by atoms with Crippen LogP contribution in [0.15, 0.2) is 23.2 Å². The zero-order chi connectivity index (χ0) is 20.4. The lowest BCUT2D eigenvalue weighted by Gasteiger charge is -2.16. The number of nitrogens with one attached hydrogen (secondary N) is 2. The van der Waals surface area contributed by atoms with Crippen molar-refractivity contribution in [3.63, 3.8) is 0 Å². The Morgan fingerprint density at radius 1 is 1.29 bits per heavy atom. The lowest BCUT2D eigenvalue weighted by atomic mass is 10.2. The molecule has 2 N–H and O–H groups in total. The number of nitrogens with zero attached hydrogens (tertiary/aromatic N) is 2. The van der Waals surface area contributed by atoms with Crippen molar-refractivity contribution in [3.8, 4) is 11.5 Å². The molecule has 0 radical (unpaired) electrons. The Bertz CT molecular complexity index is 665. The van der Waals surface area contributed by atoms with Crippen molar-refractivity contribution < 1.29 is 23.0 Å². The van der Waals surface area contributed by atoms with Crippen molar-refractivity contribution in [2.45, 2.75) is 39.3 Å². The predicted octanol–water partition coefficient (Wildman–Crippen LogP) is 2.36. The Morgan fingerprint density at radius 3 is 2.68 bits per heavy atom. The van der Waals surface area contributed by atoms with E-state index in [4.69, 9.17) is 4.74 Å². The largest absolute Gasteiger partial charge is 0.497 e. The number of amides is 1. The number of carbonyl (C=O) groups excluding carboxylic acids is 1. The zero-order valence-corrected chi connectivity index (χ0v) is 16.3. The lowest BCUT2D eigenvalue weighted by Crippen LogP contribution is -2.39. The molecule has 1 amide bonds. The number of ether oxygens (including phenoxy) is 2. The molecule has 1 aliphatic rings. The summed E-state index contributed by atoms with van der Waals surface area (Å²) in [6.07, 6.45) is 2.50. The molecule has 7 nitrogen and oxygen atoms in total. The smallest absolute Gasteiger partial charge is 0.387 e. The molecule has 2 rings (SSSR count). The van der Waals surface area contributed by atoms with Gasteiger partial charge in [0.15, 0.2) is 5.96 Å². The van der Waals surface area contributed by atoms with Gasteiger partial charge in [-0.05, 0) is 38.0 Å². The number of likely N-dealkylation sites (tertiary alicyclic amines) is 1. The molecule has 156 valence electrons. The van der Waals surface area contributed by atoms with Gasteiger partial charge in [-0.1, -0.05) is 0 Å². The van der Waals surface area contributed by atoms with Crippen LogP contribution in [0.4, 0.5) is 8.78 Å². The van der Waals surface area contributed by atoms with Gasteiger partial charge in [0.25, 0.3) is 0 Å². The summed E-state index contributed by atoms with van der Waals surface area (Å²) in [7, 11) is 1.50. The molecule has 0 unspecified atom stereocenters. The third-order valence-corrected chi connectivity index (χ3v) is 4.33. The van der Waals surface area contributed by atoms with Crippen LogP contribution in [0.5, 0.6) is 11.5 Å². The average Bonchev–Trinajstić information content (AvgIpc) is 3.21. The number of halogens is 2. The fraction of sp³-hybridized carbons (Fsp3) is 0.579. The van der Waals surface area contributed by atoms with Crippen molar-refractivity contribution in [1.82, 2.24) is 15.5 Å². The molecule has 0 atom stereocenters. The predicted molar refractivity (Wildman–Crippen MR) is 103 cm³/mol. The maximum absolute atomic E-state index is 12.6. The van der Waals surface area contributed by atoms with Crippen LogP contribution in [0, 0.1) is 0 Å². The van der Waals surface area contributed by atoms with Gasteiger partial charge in [-0.3, -0.25) is 4.79 Å². The number of methoxy groups -OCH3 is 1. The van der Waals surface area contributed by atoms with Crippen LogP contribution >= 0.6 is 0 Å². The van der Waals surface area contributed by atoms with E-state index in [1.54, 1.807) is 12.1 Å². The van der Waals surface area contributed by atoms with Crippen molar-refractivity contribution in [3.05, 3.63) is 23.8 Å².